The van der Waals surface area contributed by atoms with Crippen LogP contribution in [0.5, 0.6) is 0 Å². The van der Waals surface area contributed by atoms with Gasteiger partial charge in [0.05, 0.1) is 18.2 Å². The molecule has 2 saturated heterocycles. The molecule has 1 atom stereocenters. The van der Waals surface area contributed by atoms with Crippen molar-refractivity contribution in [2.75, 3.05) is 37.6 Å². The lowest BCUT2D eigenvalue weighted by atomic mass is 9.93. The van der Waals surface area contributed by atoms with Crippen molar-refractivity contribution in [3.8, 4) is 6.07 Å². The second-order valence-corrected chi connectivity index (χ2v) is 9.20. The van der Waals surface area contributed by atoms with Crippen LogP contribution in [0.25, 0.3) is 0 Å². The molecule has 0 spiro atoms. The van der Waals surface area contributed by atoms with Crippen molar-refractivity contribution >= 4 is 23.5 Å². The third-order valence-electron chi connectivity index (χ3n) is 6.57. The Morgan fingerprint density at radius 3 is 2.51 bits per heavy atom. The second kappa shape index (κ2) is 10.6. The van der Waals surface area contributed by atoms with E-state index in [2.05, 4.69) is 21.7 Å². The average molecular weight is 475 g/mol. The van der Waals surface area contributed by atoms with Gasteiger partial charge in [-0.25, -0.2) is 4.79 Å². The molecule has 4 amide bonds. The predicted molar refractivity (Wildman–Crippen MR) is 131 cm³/mol. The highest BCUT2D eigenvalue weighted by Crippen LogP contribution is 2.22. The van der Waals surface area contributed by atoms with E-state index in [1.165, 1.54) is 0 Å². The molecule has 4 rings (SSSR count). The fourth-order valence-electron chi connectivity index (χ4n) is 4.49. The Labute approximate surface area is 205 Å². The highest BCUT2D eigenvalue weighted by atomic mass is 16.2. The van der Waals surface area contributed by atoms with Gasteiger partial charge in [-0.2, -0.15) is 10.3 Å². The van der Waals surface area contributed by atoms with Crippen LogP contribution in [-0.4, -0.2) is 66.0 Å². The zero-order chi connectivity index (χ0) is 24.8. The third kappa shape index (κ3) is 5.78. The van der Waals surface area contributed by atoms with E-state index in [1.54, 1.807) is 19.1 Å². The van der Waals surface area contributed by atoms with Crippen LogP contribution in [0.2, 0.25) is 0 Å². The first-order chi connectivity index (χ1) is 16.9. The maximum absolute atomic E-state index is 13.0. The number of anilines is 1. The van der Waals surface area contributed by atoms with E-state index >= 15 is 0 Å². The molecule has 0 aromatic heterocycles. The van der Waals surface area contributed by atoms with E-state index in [9.17, 15) is 14.4 Å². The molecule has 1 unspecified atom stereocenters. The number of hydrogen-bond acceptors (Lipinski definition) is 6. The van der Waals surface area contributed by atoms with E-state index < -0.39 is 23.4 Å². The second-order valence-electron chi connectivity index (χ2n) is 9.20. The molecule has 0 saturated carbocycles. The Bertz CT molecular complexity index is 1110. The Morgan fingerprint density at radius 2 is 1.80 bits per heavy atom. The largest absolute Gasteiger partial charge is 0.370 e. The predicted octanol–water partition coefficient (Wildman–Crippen LogP) is 2.04. The average Bonchev–Trinajstić information content (AvgIpc) is 3.02. The van der Waals surface area contributed by atoms with Crippen LogP contribution in [0.3, 0.4) is 0 Å². The lowest BCUT2D eigenvalue weighted by Crippen LogP contribution is -2.51. The summed E-state index contributed by atoms with van der Waals surface area (Å²) >= 11 is 0. The minimum atomic E-state index is -1.07. The molecule has 2 aromatic rings. The molecule has 9 nitrogen and oxygen atoms in total. The van der Waals surface area contributed by atoms with Crippen LogP contribution < -0.4 is 15.6 Å². The number of amides is 4. The van der Waals surface area contributed by atoms with E-state index in [0.717, 1.165) is 42.3 Å². The molecular weight excluding hydrogens is 444 g/mol. The Morgan fingerprint density at radius 1 is 1.06 bits per heavy atom. The van der Waals surface area contributed by atoms with Gasteiger partial charge in [0.1, 0.15) is 5.54 Å². The van der Waals surface area contributed by atoms with E-state index in [-0.39, 0.29) is 6.54 Å². The molecule has 0 radical (unpaired) electrons. The van der Waals surface area contributed by atoms with Crippen molar-refractivity contribution in [3.63, 3.8) is 0 Å². The fourth-order valence-corrected chi connectivity index (χ4v) is 4.49. The summed E-state index contributed by atoms with van der Waals surface area (Å²) in [5.74, 6) is -0.845. The van der Waals surface area contributed by atoms with Crippen LogP contribution in [-0.2, 0) is 16.0 Å². The van der Waals surface area contributed by atoms with Gasteiger partial charge in [0, 0.05) is 31.9 Å². The van der Waals surface area contributed by atoms with Gasteiger partial charge < -0.3 is 10.2 Å². The molecular formula is C26H30N6O3. The smallest absolute Gasteiger partial charge is 0.344 e. The van der Waals surface area contributed by atoms with Crippen LogP contribution in [0, 0.1) is 11.3 Å². The summed E-state index contributed by atoms with van der Waals surface area (Å²) in [4.78, 5) is 42.4. The van der Waals surface area contributed by atoms with Crippen molar-refractivity contribution in [1.82, 2.24) is 20.7 Å². The quantitative estimate of drug-likeness (QED) is 0.595. The number of rotatable bonds is 7. The van der Waals surface area contributed by atoms with Crippen molar-refractivity contribution in [2.45, 2.75) is 31.7 Å². The molecule has 9 heteroatoms. The number of benzene rings is 2. The molecule has 182 valence electrons. The summed E-state index contributed by atoms with van der Waals surface area (Å²) in [7, 11) is 0. The van der Waals surface area contributed by atoms with Crippen molar-refractivity contribution in [3.05, 3.63) is 65.7 Å². The van der Waals surface area contributed by atoms with Gasteiger partial charge in [0.25, 0.3) is 11.8 Å². The van der Waals surface area contributed by atoms with Crippen LogP contribution >= 0.6 is 0 Å². The number of hydrogen-bond donors (Lipinski definition) is 2. The monoisotopic (exact) mass is 474 g/mol. The standard InChI is InChI=1S/C26H30N6O3/c1-26(13-12-20-6-3-2-4-7-20)24(34)32(25(35)28-26)29-23(33)19-30-14-5-15-31(17-16-30)22-10-8-21(18-27)9-11-22/h2-4,6-11H,5,12-17,19H2,1H3,(H,28,35)(H,29,33). The maximum atomic E-state index is 13.0. The SMILES string of the molecule is CC1(CCc2ccccc2)NC(=O)N(NC(=O)CN2CCCN(c3ccc(C#N)cc3)CC2)C1=O. The van der Waals surface area contributed by atoms with Crippen molar-refractivity contribution in [2.24, 2.45) is 0 Å². The number of carbonyl (C=O) groups excluding carboxylic acids is 3. The summed E-state index contributed by atoms with van der Waals surface area (Å²) in [5.41, 5.74) is 4.18. The molecule has 0 bridgehead atoms. The lowest BCUT2D eigenvalue weighted by molar-refractivity contribution is -0.139. The first kappa shape index (κ1) is 24.2. The number of aryl methyl sites for hydroxylation is 1. The number of urea groups is 1. The van der Waals surface area contributed by atoms with Gasteiger partial charge in [-0.3, -0.25) is 19.9 Å². The Hall–Kier alpha value is -3.90. The first-order valence-corrected chi connectivity index (χ1v) is 11.9. The topological polar surface area (TPSA) is 109 Å². The van der Waals surface area contributed by atoms with Crippen LogP contribution in [0.1, 0.15) is 30.9 Å². The highest BCUT2D eigenvalue weighted by Gasteiger charge is 2.48. The van der Waals surface area contributed by atoms with Crippen molar-refractivity contribution in [1.29, 1.82) is 5.26 Å². The zero-order valence-corrected chi connectivity index (χ0v) is 19.9. The van der Waals surface area contributed by atoms with Crippen LogP contribution in [0.15, 0.2) is 54.6 Å². The number of nitrogens with one attached hydrogen (secondary N) is 2. The number of nitriles is 1. The van der Waals surface area contributed by atoms with Gasteiger partial charge in [0.15, 0.2) is 0 Å². The summed E-state index contributed by atoms with van der Waals surface area (Å²) in [5, 5.41) is 12.5. The maximum Gasteiger partial charge on any atom is 0.344 e. The van der Waals surface area contributed by atoms with Crippen LogP contribution in [0.4, 0.5) is 10.5 Å². The van der Waals surface area contributed by atoms with Gasteiger partial charge in [-0.05, 0) is 56.0 Å². The molecule has 2 aromatic carbocycles. The summed E-state index contributed by atoms with van der Waals surface area (Å²) in [6, 6.07) is 18.8. The zero-order valence-electron chi connectivity index (χ0n) is 19.9. The van der Waals surface area contributed by atoms with Gasteiger partial charge in [-0.1, -0.05) is 30.3 Å². The fraction of sp³-hybridized carbons (Fsp3) is 0.385. The normalized spacial score (nSPS) is 20.8. The highest BCUT2D eigenvalue weighted by molar-refractivity contribution is 6.07. The number of carbonyl (C=O) groups is 3. The Balaban J connectivity index is 1.28. The van der Waals surface area contributed by atoms with Gasteiger partial charge in [-0.15, -0.1) is 0 Å². The minimum absolute atomic E-state index is 0.0962. The Kier molecular flexibility index (Phi) is 7.32. The lowest BCUT2D eigenvalue weighted by Gasteiger charge is -2.24. The summed E-state index contributed by atoms with van der Waals surface area (Å²) in [6.07, 6.45) is 1.94. The number of nitrogens with zero attached hydrogens (tertiary/aromatic N) is 4. The molecule has 2 heterocycles. The first-order valence-electron chi connectivity index (χ1n) is 11.9. The number of imide groups is 1. The minimum Gasteiger partial charge on any atom is -0.370 e. The molecule has 2 fully saturated rings. The third-order valence-corrected chi connectivity index (χ3v) is 6.57. The van der Waals surface area contributed by atoms with E-state index in [4.69, 9.17) is 5.26 Å². The van der Waals surface area contributed by atoms with E-state index in [0.29, 0.717) is 24.9 Å². The van der Waals surface area contributed by atoms with Crippen molar-refractivity contribution < 1.29 is 14.4 Å². The molecule has 2 aliphatic rings. The molecule has 2 aliphatic heterocycles. The van der Waals surface area contributed by atoms with Gasteiger partial charge >= 0.3 is 6.03 Å². The molecule has 2 N–H and O–H groups in total. The van der Waals surface area contributed by atoms with E-state index in [1.807, 2.05) is 47.4 Å². The summed E-state index contributed by atoms with van der Waals surface area (Å²) in [6.45, 7) is 4.77. The molecule has 35 heavy (non-hydrogen) atoms. The molecule has 0 aliphatic carbocycles. The van der Waals surface area contributed by atoms with Gasteiger partial charge in [0.2, 0.25) is 0 Å². The summed E-state index contributed by atoms with van der Waals surface area (Å²) < 4.78 is 0. The number of hydrazine groups is 1.